The number of carbonyl (C=O) groups is 1. The maximum Gasteiger partial charge on any atom is 0.244 e. The van der Waals surface area contributed by atoms with Crippen molar-refractivity contribution in [1.82, 2.24) is 14.6 Å². The van der Waals surface area contributed by atoms with E-state index in [0.29, 0.717) is 19.5 Å². The Morgan fingerprint density at radius 3 is 2.95 bits per heavy atom. The zero-order valence-corrected chi connectivity index (χ0v) is 13.1. The minimum absolute atomic E-state index is 0.0511. The first-order chi connectivity index (χ1) is 10.5. The molecule has 0 aliphatic carbocycles. The van der Waals surface area contributed by atoms with Crippen molar-refractivity contribution < 1.29 is 17.9 Å². The Bertz CT molecular complexity index is 635. The van der Waals surface area contributed by atoms with Gasteiger partial charge in [-0.3, -0.25) is 9.78 Å². The molecule has 2 saturated heterocycles. The molecule has 1 amide bonds. The molecule has 0 aromatic carbocycles. The lowest BCUT2D eigenvalue weighted by atomic mass is 10.0. The van der Waals surface area contributed by atoms with Crippen molar-refractivity contribution >= 4 is 15.9 Å². The Kier molecular flexibility index (Phi) is 4.16. The monoisotopic (exact) mass is 325 g/mol. The van der Waals surface area contributed by atoms with Crippen molar-refractivity contribution in [3.8, 4) is 0 Å². The number of hydrogen-bond donors (Lipinski definition) is 1. The van der Waals surface area contributed by atoms with Gasteiger partial charge in [-0.25, -0.2) is 8.42 Å². The van der Waals surface area contributed by atoms with Gasteiger partial charge in [0.25, 0.3) is 0 Å². The van der Waals surface area contributed by atoms with E-state index in [1.807, 2.05) is 0 Å². The largest absolute Gasteiger partial charge is 0.373 e. The fourth-order valence-corrected chi connectivity index (χ4v) is 4.58. The number of carbonyl (C=O) groups excluding carboxylic acids is 1. The number of aromatic nitrogens is 1. The minimum Gasteiger partial charge on any atom is -0.373 e. The molecule has 0 saturated carbocycles. The van der Waals surface area contributed by atoms with E-state index in [4.69, 9.17) is 4.74 Å². The van der Waals surface area contributed by atoms with Gasteiger partial charge in [-0.2, -0.15) is 4.31 Å². The molecule has 3 heterocycles. The molecular weight excluding hydrogens is 306 g/mol. The van der Waals surface area contributed by atoms with Crippen molar-refractivity contribution in [1.29, 1.82) is 0 Å². The van der Waals surface area contributed by atoms with Gasteiger partial charge in [0.1, 0.15) is 4.90 Å². The van der Waals surface area contributed by atoms with Gasteiger partial charge in [0.2, 0.25) is 15.9 Å². The number of rotatable bonds is 4. The van der Waals surface area contributed by atoms with Crippen molar-refractivity contribution in [2.45, 2.75) is 29.9 Å². The van der Waals surface area contributed by atoms with Crippen molar-refractivity contribution in [3.05, 3.63) is 24.5 Å². The predicted molar refractivity (Wildman–Crippen MR) is 78.4 cm³/mol. The lowest BCUT2D eigenvalue weighted by molar-refractivity contribution is -0.123. The Hall–Kier alpha value is -1.51. The van der Waals surface area contributed by atoms with Gasteiger partial charge in [-0.1, -0.05) is 0 Å². The molecule has 8 heteroatoms. The molecule has 3 rings (SSSR count). The van der Waals surface area contributed by atoms with Crippen molar-refractivity contribution in [2.24, 2.45) is 5.92 Å². The van der Waals surface area contributed by atoms with E-state index in [0.717, 1.165) is 6.42 Å². The van der Waals surface area contributed by atoms with Gasteiger partial charge >= 0.3 is 0 Å². The molecule has 3 atom stereocenters. The normalized spacial score (nSPS) is 28.5. The van der Waals surface area contributed by atoms with E-state index in [9.17, 15) is 13.2 Å². The number of nitrogens with zero attached hydrogens (tertiary/aromatic N) is 2. The summed E-state index contributed by atoms with van der Waals surface area (Å²) in [6, 6.07) is 3.16. The van der Waals surface area contributed by atoms with E-state index >= 15 is 0 Å². The fourth-order valence-electron chi connectivity index (χ4n) is 3.11. The maximum atomic E-state index is 12.5. The van der Waals surface area contributed by atoms with Crippen LogP contribution in [0.15, 0.2) is 29.4 Å². The Labute approximate surface area is 129 Å². The van der Waals surface area contributed by atoms with Crippen LogP contribution in [-0.4, -0.2) is 56.0 Å². The topological polar surface area (TPSA) is 88.6 Å². The van der Waals surface area contributed by atoms with Crippen LogP contribution in [0.2, 0.25) is 0 Å². The zero-order chi connectivity index (χ0) is 15.7. The second-order valence-electron chi connectivity index (χ2n) is 5.68. The van der Waals surface area contributed by atoms with Crippen LogP contribution in [0.5, 0.6) is 0 Å². The number of nitrogens with one attached hydrogen (secondary N) is 1. The second-order valence-corrected chi connectivity index (χ2v) is 7.62. The molecule has 22 heavy (non-hydrogen) atoms. The third-order valence-corrected chi connectivity index (χ3v) is 6.06. The van der Waals surface area contributed by atoms with Crippen LogP contribution in [0.25, 0.3) is 0 Å². The third kappa shape index (κ3) is 2.86. The Balaban J connectivity index is 1.65. The molecule has 1 aromatic heterocycles. The first kappa shape index (κ1) is 15.4. The molecule has 1 aromatic rings. The zero-order valence-electron chi connectivity index (χ0n) is 12.3. The van der Waals surface area contributed by atoms with Gasteiger partial charge in [0.15, 0.2) is 0 Å². The van der Waals surface area contributed by atoms with Gasteiger partial charge in [0.05, 0.1) is 18.6 Å². The smallest absolute Gasteiger partial charge is 0.244 e. The predicted octanol–water partition coefficient (Wildman–Crippen LogP) is -0.00430. The molecule has 2 aliphatic heterocycles. The van der Waals surface area contributed by atoms with Crippen LogP contribution in [0.4, 0.5) is 0 Å². The highest BCUT2D eigenvalue weighted by Gasteiger charge is 2.46. The lowest BCUT2D eigenvalue weighted by Crippen LogP contribution is -2.32. The Morgan fingerprint density at radius 1 is 1.50 bits per heavy atom. The fraction of sp³-hybridized carbons (Fsp3) is 0.571. The summed E-state index contributed by atoms with van der Waals surface area (Å²) in [5, 5.41) is 2.58. The van der Waals surface area contributed by atoms with Crippen LogP contribution in [0.1, 0.15) is 12.8 Å². The van der Waals surface area contributed by atoms with Crippen LogP contribution in [0, 0.1) is 5.92 Å². The molecule has 1 N–H and O–H groups in total. The SMILES string of the molecule is CNC(=O)C[C@@H]1C[C@@H]2CN(S(=O)(=O)c3cccnc3)C[C@@H]2O1. The number of amides is 1. The van der Waals surface area contributed by atoms with Gasteiger partial charge in [-0.05, 0) is 18.6 Å². The molecule has 0 radical (unpaired) electrons. The van der Waals surface area contributed by atoms with E-state index in [1.165, 1.54) is 10.5 Å². The van der Waals surface area contributed by atoms with Crippen LogP contribution in [-0.2, 0) is 19.6 Å². The first-order valence-electron chi connectivity index (χ1n) is 7.27. The number of hydrogen-bond acceptors (Lipinski definition) is 5. The minimum atomic E-state index is -3.51. The molecule has 7 nitrogen and oxygen atoms in total. The molecule has 0 unspecified atom stereocenters. The van der Waals surface area contributed by atoms with E-state index in [-0.39, 0.29) is 28.9 Å². The molecule has 0 bridgehead atoms. The maximum absolute atomic E-state index is 12.5. The first-order valence-corrected chi connectivity index (χ1v) is 8.71. The van der Waals surface area contributed by atoms with Crippen LogP contribution >= 0.6 is 0 Å². The van der Waals surface area contributed by atoms with E-state index in [1.54, 1.807) is 25.4 Å². The molecule has 2 fully saturated rings. The summed E-state index contributed by atoms with van der Waals surface area (Å²) in [5.74, 6) is 0.103. The van der Waals surface area contributed by atoms with Crippen LogP contribution < -0.4 is 5.32 Å². The summed E-state index contributed by atoms with van der Waals surface area (Å²) >= 11 is 0. The summed E-state index contributed by atoms with van der Waals surface area (Å²) in [6.07, 6.45) is 3.72. The Morgan fingerprint density at radius 2 is 2.32 bits per heavy atom. The highest BCUT2D eigenvalue weighted by Crippen LogP contribution is 2.36. The van der Waals surface area contributed by atoms with Gasteiger partial charge < -0.3 is 10.1 Å². The van der Waals surface area contributed by atoms with E-state index < -0.39 is 10.0 Å². The second kappa shape index (κ2) is 5.94. The summed E-state index contributed by atoms with van der Waals surface area (Å²) < 4.78 is 32.4. The third-order valence-electron chi connectivity index (χ3n) is 4.24. The molecule has 0 spiro atoms. The summed E-state index contributed by atoms with van der Waals surface area (Å²) in [4.78, 5) is 15.5. The standard InChI is InChI=1S/C14H19N3O4S/c1-15-14(18)6-11-5-10-8-17(9-13(10)21-11)22(19,20)12-3-2-4-16-7-12/h2-4,7,10-11,13H,5-6,8-9H2,1H3,(H,15,18)/t10-,11+,13+/m1/s1. The number of fused-ring (bicyclic) bond motifs is 1. The molecule has 120 valence electrons. The quantitative estimate of drug-likeness (QED) is 0.841. The average Bonchev–Trinajstić information content (AvgIpc) is 3.06. The number of pyridine rings is 1. The summed E-state index contributed by atoms with van der Waals surface area (Å²) in [7, 11) is -1.92. The highest BCUT2D eigenvalue weighted by molar-refractivity contribution is 7.89. The number of ether oxygens (including phenoxy) is 1. The van der Waals surface area contributed by atoms with Crippen molar-refractivity contribution in [2.75, 3.05) is 20.1 Å². The lowest BCUT2D eigenvalue weighted by Gasteiger charge is -2.18. The number of sulfonamides is 1. The van der Waals surface area contributed by atoms with Crippen molar-refractivity contribution in [3.63, 3.8) is 0 Å². The van der Waals surface area contributed by atoms with Crippen LogP contribution in [0.3, 0.4) is 0 Å². The van der Waals surface area contributed by atoms with E-state index in [2.05, 4.69) is 10.3 Å². The summed E-state index contributed by atoms with van der Waals surface area (Å²) in [5.41, 5.74) is 0. The van der Waals surface area contributed by atoms with Gasteiger partial charge in [-0.15, -0.1) is 0 Å². The molecular formula is C14H19N3O4S. The highest BCUT2D eigenvalue weighted by atomic mass is 32.2. The van der Waals surface area contributed by atoms with Gasteiger partial charge in [0, 0.05) is 38.4 Å². The summed E-state index contributed by atoms with van der Waals surface area (Å²) in [6.45, 7) is 0.776. The molecule has 2 aliphatic rings. The average molecular weight is 325 g/mol.